The third-order valence-electron chi connectivity index (χ3n) is 2.01. The molecule has 70 valence electrons. The molecule has 1 N–H and O–H groups in total. The molecule has 0 atom stereocenters. The number of nitrogens with one attached hydrogen (secondary N) is 1. The summed E-state index contributed by atoms with van der Waals surface area (Å²) in [5, 5.41) is 3.10. The van der Waals surface area contributed by atoms with E-state index < -0.39 is 0 Å². The number of ether oxygens (including phenoxy) is 2. The Balaban J connectivity index is 2.34. The molecule has 3 nitrogen and oxygen atoms in total. The van der Waals surface area contributed by atoms with Gasteiger partial charge in [0.15, 0.2) is 11.5 Å². The highest BCUT2D eigenvalue weighted by Gasteiger charge is 2.14. The molecule has 0 saturated carbocycles. The fourth-order valence-corrected chi connectivity index (χ4v) is 1.46. The van der Waals surface area contributed by atoms with Gasteiger partial charge < -0.3 is 14.8 Å². The molecule has 0 fully saturated rings. The molecule has 2 rings (SSSR count). The van der Waals surface area contributed by atoms with Gasteiger partial charge in [-0.3, -0.25) is 0 Å². The van der Waals surface area contributed by atoms with Crippen LogP contribution >= 0.6 is 0 Å². The third-order valence-corrected chi connectivity index (χ3v) is 2.01. The van der Waals surface area contributed by atoms with E-state index in [0.29, 0.717) is 13.2 Å². The van der Waals surface area contributed by atoms with E-state index >= 15 is 0 Å². The van der Waals surface area contributed by atoms with E-state index in [1.54, 1.807) is 0 Å². The summed E-state index contributed by atoms with van der Waals surface area (Å²) >= 11 is 0. The Morgan fingerprint density at radius 3 is 3.00 bits per heavy atom. The molecule has 0 saturated heterocycles. The van der Waals surface area contributed by atoms with Crippen LogP contribution in [0.2, 0.25) is 0 Å². The lowest BCUT2D eigenvalue weighted by molar-refractivity contribution is 0.169. The van der Waals surface area contributed by atoms with Crippen molar-refractivity contribution in [1.29, 1.82) is 0 Å². The molecule has 0 aromatic heterocycles. The largest absolute Gasteiger partial charge is 0.486 e. The highest BCUT2D eigenvalue weighted by molar-refractivity contribution is 5.47. The van der Waals surface area contributed by atoms with Crippen molar-refractivity contribution in [1.82, 2.24) is 5.32 Å². The first-order valence-electron chi connectivity index (χ1n) is 4.44. The molecule has 1 aromatic rings. The van der Waals surface area contributed by atoms with Gasteiger partial charge in [0, 0.05) is 12.1 Å². The van der Waals surface area contributed by atoms with Gasteiger partial charge in [0.1, 0.15) is 13.2 Å². The number of benzene rings is 1. The summed E-state index contributed by atoms with van der Waals surface area (Å²) in [5.41, 5.74) is 1.15. The van der Waals surface area contributed by atoms with E-state index in [4.69, 9.17) is 9.47 Å². The van der Waals surface area contributed by atoms with Crippen molar-refractivity contribution in [2.75, 3.05) is 20.3 Å². The lowest BCUT2D eigenvalue weighted by atomic mass is 10.2. The second-order valence-electron chi connectivity index (χ2n) is 2.97. The molecule has 0 spiro atoms. The Kier molecular flexibility index (Phi) is 2.36. The minimum atomic E-state index is 0.647. The smallest absolute Gasteiger partial charge is 0.165 e. The average Bonchev–Trinajstić information content (AvgIpc) is 2.19. The van der Waals surface area contributed by atoms with Gasteiger partial charge in [-0.2, -0.15) is 0 Å². The van der Waals surface area contributed by atoms with Gasteiger partial charge in [-0.25, -0.2) is 0 Å². The normalized spacial score (nSPS) is 14.2. The van der Waals surface area contributed by atoms with Crippen molar-refractivity contribution in [2.24, 2.45) is 0 Å². The molecular formula is C10H13NO2. The zero-order valence-electron chi connectivity index (χ0n) is 7.67. The third kappa shape index (κ3) is 1.60. The van der Waals surface area contributed by atoms with Crippen molar-refractivity contribution < 1.29 is 9.47 Å². The van der Waals surface area contributed by atoms with Crippen LogP contribution in [0.5, 0.6) is 11.5 Å². The molecule has 3 heteroatoms. The summed E-state index contributed by atoms with van der Waals surface area (Å²) in [6, 6.07) is 5.97. The van der Waals surface area contributed by atoms with Crippen LogP contribution in [-0.4, -0.2) is 20.3 Å². The maximum atomic E-state index is 5.54. The van der Waals surface area contributed by atoms with Gasteiger partial charge in [-0.1, -0.05) is 12.1 Å². The topological polar surface area (TPSA) is 30.5 Å². The van der Waals surface area contributed by atoms with Crippen molar-refractivity contribution in [3.8, 4) is 11.5 Å². The van der Waals surface area contributed by atoms with Gasteiger partial charge in [-0.15, -0.1) is 0 Å². The van der Waals surface area contributed by atoms with E-state index in [9.17, 15) is 0 Å². The number of hydrogen-bond donors (Lipinski definition) is 1. The van der Waals surface area contributed by atoms with E-state index in [2.05, 4.69) is 5.32 Å². The summed E-state index contributed by atoms with van der Waals surface area (Å²) in [7, 11) is 1.92. The number of hydrogen-bond acceptors (Lipinski definition) is 3. The Morgan fingerprint density at radius 2 is 2.15 bits per heavy atom. The molecule has 1 aliphatic rings. The minimum absolute atomic E-state index is 0.647. The molecule has 0 radical (unpaired) electrons. The predicted molar refractivity (Wildman–Crippen MR) is 50.2 cm³/mol. The molecule has 1 aromatic carbocycles. The fraction of sp³-hybridized carbons (Fsp3) is 0.400. The van der Waals surface area contributed by atoms with Crippen LogP contribution in [-0.2, 0) is 6.54 Å². The molecule has 0 amide bonds. The van der Waals surface area contributed by atoms with Crippen LogP contribution in [0.3, 0.4) is 0 Å². The van der Waals surface area contributed by atoms with Crippen LogP contribution in [0.15, 0.2) is 18.2 Å². The summed E-state index contributed by atoms with van der Waals surface area (Å²) in [6.45, 7) is 2.11. The Bertz CT molecular complexity index is 299. The predicted octanol–water partition coefficient (Wildman–Crippen LogP) is 1.18. The maximum Gasteiger partial charge on any atom is 0.165 e. The van der Waals surface area contributed by atoms with Crippen molar-refractivity contribution in [3.05, 3.63) is 23.8 Å². The SMILES string of the molecule is CNCc1cccc2c1OCCO2. The second-order valence-corrected chi connectivity index (χ2v) is 2.97. The van der Waals surface area contributed by atoms with Crippen LogP contribution in [0.1, 0.15) is 5.56 Å². The van der Waals surface area contributed by atoms with Gasteiger partial charge >= 0.3 is 0 Å². The molecule has 0 unspecified atom stereocenters. The van der Waals surface area contributed by atoms with Crippen molar-refractivity contribution >= 4 is 0 Å². The summed E-state index contributed by atoms with van der Waals surface area (Å²) in [4.78, 5) is 0. The zero-order valence-corrected chi connectivity index (χ0v) is 7.67. The first-order chi connectivity index (χ1) is 6.42. The van der Waals surface area contributed by atoms with E-state index in [-0.39, 0.29) is 0 Å². The molecule has 13 heavy (non-hydrogen) atoms. The first kappa shape index (κ1) is 8.38. The standard InChI is InChI=1S/C10H13NO2/c1-11-7-8-3-2-4-9-10(8)13-6-5-12-9/h2-4,11H,5-7H2,1H3. The van der Waals surface area contributed by atoms with Crippen LogP contribution in [0.4, 0.5) is 0 Å². The minimum Gasteiger partial charge on any atom is -0.486 e. The van der Waals surface area contributed by atoms with E-state index in [1.165, 1.54) is 0 Å². The van der Waals surface area contributed by atoms with Crippen molar-refractivity contribution in [2.45, 2.75) is 6.54 Å². The Morgan fingerprint density at radius 1 is 1.31 bits per heavy atom. The monoisotopic (exact) mass is 179 g/mol. The highest BCUT2D eigenvalue weighted by Crippen LogP contribution is 2.33. The molecular weight excluding hydrogens is 166 g/mol. The van der Waals surface area contributed by atoms with Crippen LogP contribution < -0.4 is 14.8 Å². The quantitative estimate of drug-likeness (QED) is 0.739. The average molecular weight is 179 g/mol. The maximum absolute atomic E-state index is 5.54. The molecule has 1 aliphatic heterocycles. The highest BCUT2D eigenvalue weighted by atomic mass is 16.6. The molecule has 1 heterocycles. The number of fused-ring (bicyclic) bond motifs is 1. The van der Waals surface area contributed by atoms with Gasteiger partial charge in [0.2, 0.25) is 0 Å². The Labute approximate surface area is 77.7 Å². The van der Waals surface area contributed by atoms with E-state index in [0.717, 1.165) is 23.6 Å². The zero-order chi connectivity index (χ0) is 9.10. The summed E-state index contributed by atoms with van der Waals surface area (Å²) in [5.74, 6) is 1.75. The van der Waals surface area contributed by atoms with Crippen LogP contribution in [0.25, 0.3) is 0 Å². The Hall–Kier alpha value is -1.22. The van der Waals surface area contributed by atoms with Gasteiger partial charge in [-0.05, 0) is 13.1 Å². The molecule has 0 bridgehead atoms. The summed E-state index contributed by atoms with van der Waals surface area (Å²) in [6.07, 6.45) is 0. The molecule has 0 aliphatic carbocycles. The number of para-hydroxylation sites is 1. The lowest BCUT2D eigenvalue weighted by Gasteiger charge is -2.20. The second kappa shape index (κ2) is 3.66. The van der Waals surface area contributed by atoms with Gasteiger partial charge in [0.05, 0.1) is 0 Å². The number of rotatable bonds is 2. The van der Waals surface area contributed by atoms with Crippen molar-refractivity contribution in [3.63, 3.8) is 0 Å². The summed E-state index contributed by atoms with van der Waals surface area (Å²) < 4.78 is 11.0. The lowest BCUT2D eigenvalue weighted by Crippen LogP contribution is -2.17. The van der Waals surface area contributed by atoms with Crippen LogP contribution in [0, 0.1) is 0 Å². The van der Waals surface area contributed by atoms with E-state index in [1.807, 2.05) is 25.2 Å². The van der Waals surface area contributed by atoms with Gasteiger partial charge in [0.25, 0.3) is 0 Å². The first-order valence-corrected chi connectivity index (χ1v) is 4.44. The fourth-order valence-electron chi connectivity index (χ4n) is 1.46.